The van der Waals surface area contributed by atoms with E-state index in [4.69, 9.17) is 4.42 Å². The number of rotatable bonds is 5. The van der Waals surface area contributed by atoms with Crippen LogP contribution in [0.2, 0.25) is 0 Å². The van der Waals surface area contributed by atoms with Crippen molar-refractivity contribution in [3.63, 3.8) is 0 Å². The van der Waals surface area contributed by atoms with Crippen molar-refractivity contribution in [2.24, 2.45) is 0 Å². The SMILES string of the molecule is CC(NC(=O)c1cc(-c2ccco2)[nH]n1)c1cccc(N2CCCC2)c1. The van der Waals surface area contributed by atoms with Gasteiger partial charge in [0.1, 0.15) is 5.69 Å². The predicted molar refractivity (Wildman–Crippen MR) is 100 cm³/mol. The topological polar surface area (TPSA) is 74.2 Å². The fourth-order valence-electron chi connectivity index (χ4n) is 3.32. The Morgan fingerprint density at radius 2 is 2.08 bits per heavy atom. The number of carbonyl (C=O) groups is 1. The van der Waals surface area contributed by atoms with Crippen LogP contribution in [0.15, 0.2) is 53.1 Å². The van der Waals surface area contributed by atoms with Crippen LogP contribution in [-0.2, 0) is 0 Å². The van der Waals surface area contributed by atoms with E-state index in [9.17, 15) is 4.79 Å². The smallest absolute Gasteiger partial charge is 0.272 e. The van der Waals surface area contributed by atoms with E-state index in [2.05, 4.69) is 38.6 Å². The highest BCUT2D eigenvalue weighted by atomic mass is 16.3. The number of amides is 1. The summed E-state index contributed by atoms with van der Waals surface area (Å²) in [4.78, 5) is 14.9. The second kappa shape index (κ2) is 7.07. The number of hydrogen-bond acceptors (Lipinski definition) is 4. The molecule has 3 aromatic rings. The van der Waals surface area contributed by atoms with Gasteiger partial charge in [0.05, 0.1) is 12.3 Å². The van der Waals surface area contributed by atoms with Gasteiger partial charge in [-0.1, -0.05) is 12.1 Å². The monoisotopic (exact) mass is 350 g/mol. The van der Waals surface area contributed by atoms with Crippen molar-refractivity contribution < 1.29 is 9.21 Å². The normalized spacial score (nSPS) is 15.2. The number of carbonyl (C=O) groups excluding carboxylic acids is 1. The van der Waals surface area contributed by atoms with Crippen molar-refractivity contribution in [1.82, 2.24) is 15.5 Å². The lowest BCUT2D eigenvalue weighted by Crippen LogP contribution is -2.27. The van der Waals surface area contributed by atoms with E-state index in [1.165, 1.54) is 18.5 Å². The number of H-pyrrole nitrogens is 1. The first-order valence-corrected chi connectivity index (χ1v) is 8.96. The second-order valence-electron chi connectivity index (χ2n) is 6.63. The maximum atomic E-state index is 12.5. The fraction of sp³-hybridized carbons (Fsp3) is 0.300. The van der Waals surface area contributed by atoms with Crippen molar-refractivity contribution in [2.45, 2.75) is 25.8 Å². The van der Waals surface area contributed by atoms with Crippen LogP contribution in [0.3, 0.4) is 0 Å². The number of furan rings is 1. The van der Waals surface area contributed by atoms with Crippen LogP contribution < -0.4 is 10.2 Å². The Hall–Kier alpha value is -3.02. The summed E-state index contributed by atoms with van der Waals surface area (Å²) in [6, 6.07) is 13.6. The van der Waals surface area contributed by atoms with E-state index in [1.54, 1.807) is 18.4 Å². The highest BCUT2D eigenvalue weighted by Crippen LogP contribution is 2.24. The molecule has 2 aromatic heterocycles. The zero-order valence-corrected chi connectivity index (χ0v) is 14.7. The van der Waals surface area contributed by atoms with E-state index in [0.29, 0.717) is 17.1 Å². The first kappa shape index (κ1) is 16.4. The van der Waals surface area contributed by atoms with Gasteiger partial charge in [-0.15, -0.1) is 0 Å². The summed E-state index contributed by atoms with van der Waals surface area (Å²) in [6.45, 7) is 4.20. The van der Waals surface area contributed by atoms with Gasteiger partial charge in [0.25, 0.3) is 5.91 Å². The van der Waals surface area contributed by atoms with Crippen LogP contribution in [-0.4, -0.2) is 29.2 Å². The number of aromatic amines is 1. The van der Waals surface area contributed by atoms with Crippen molar-refractivity contribution >= 4 is 11.6 Å². The molecule has 6 heteroatoms. The molecule has 0 bridgehead atoms. The number of benzene rings is 1. The minimum Gasteiger partial charge on any atom is -0.463 e. The average molecular weight is 350 g/mol. The highest BCUT2D eigenvalue weighted by molar-refractivity contribution is 5.93. The fourth-order valence-corrected chi connectivity index (χ4v) is 3.32. The minimum absolute atomic E-state index is 0.103. The third-order valence-electron chi connectivity index (χ3n) is 4.79. The number of hydrogen-bond donors (Lipinski definition) is 2. The van der Waals surface area contributed by atoms with Gasteiger partial charge in [0.2, 0.25) is 0 Å². The Labute approximate surface area is 152 Å². The Bertz CT molecular complexity index is 879. The molecule has 0 aliphatic carbocycles. The lowest BCUT2D eigenvalue weighted by atomic mass is 10.1. The third-order valence-corrected chi connectivity index (χ3v) is 4.79. The number of anilines is 1. The first-order chi connectivity index (χ1) is 12.7. The number of aromatic nitrogens is 2. The Kier molecular flexibility index (Phi) is 4.48. The lowest BCUT2D eigenvalue weighted by molar-refractivity contribution is 0.0935. The summed E-state index contributed by atoms with van der Waals surface area (Å²) in [5.41, 5.74) is 3.34. The first-order valence-electron chi connectivity index (χ1n) is 8.96. The summed E-state index contributed by atoms with van der Waals surface area (Å²) in [5, 5.41) is 9.95. The maximum absolute atomic E-state index is 12.5. The highest BCUT2D eigenvalue weighted by Gasteiger charge is 2.17. The van der Waals surface area contributed by atoms with Gasteiger partial charge >= 0.3 is 0 Å². The van der Waals surface area contributed by atoms with Gasteiger partial charge in [0.15, 0.2) is 11.5 Å². The van der Waals surface area contributed by atoms with Crippen molar-refractivity contribution in [3.8, 4) is 11.5 Å². The molecule has 1 amide bonds. The Balaban J connectivity index is 1.45. The minimum atomic E-state index is -0.210. The molecular formula is C20H22N4O2. The molecule has 6 nitrogen and oxygen atoms in total. The largest absolute Gasteiger partial charge is 0.463 e. The quantitative estimate of drug-likeness (QED) is 0.735. The van der Waals surface area contributed by atoms with Gasteiger partial charge in [-0.2, -0.15) is 5.10 Å². The van der Waals surface area contributed by atoms with Crippen LogP contribution in [0.5, 0.6) is 0 Å². The molecule has 0 radical (unpaired) electrons. The van der Waals surface area contributed by atoms with Crippen LogP contribution in [0.1, 0.15) is 41.9 Å². The Morgan fingerprint density at radius 1 is 1.23 bits per heavy atom. The molecular weight excluding hydrogens is 328 g/mol. The molecule has 1 atom stereocenters. The van der Waals surface area contributed by atoms with Crippen LogP contribution >= 0.6 is 0 Å². The van der Waals surface area contributed by atoms with Crippen molar-refractivity contribution in [2.75, 3.05) is 18.0 Å². The van der Waals surface area contributed by atoms with Gasteiger partial charge < -0.3 is 14.6 Å². The van der Waals surface area contributed by atoms with E-state index >= 15 is 0 Å². The lowest BCUT2D eigenvalue weighted by Gasteiger charge is -2.20. The van der Waals surface area contributed by atoms with Gasteiger partial charge in [0, 0.05) is 24.8 Å². The third kappa shape index (κ3) is 3.35. The standard InChI is InChI=1S/C20H22N4O2/c1-14(15-6-4-7-16(12-15)24-9-2-3-10-24)21-20(25)18-13-17(22-23-18)19-8-5-11-26-19/h4-8,11-14H,2-3,9-10H2,1H3,(H,21,25)(H,22,23). The average Bonchev–Trinajstić information content (AvgIpc) is 3.43. The van der Waals surface area contributed by atoms with E-state index in [1.807, 2.05) is 19.1 Å². The number of nitrogens with zero attached hydrogens (tertiary/aromatic N) is 2. The van der Waals surface area contributed by atoms with Gasteiger partial charge in [-0.25, -0.2) is 0 Å². The molecule has 1 saturated heterocycles. The van der Waals surface area contributed by atoms with E-state index in [-0.39, 0.29) is 11.9 Å². The predicted octanol–water partition coefficient (Wildman–Crippen LogP) is 3.76. The van der Waals surface area contributed by atoms with Gasteiger partial charge in [-0.05, 0) is 49.6 Å². The summed E-state index contributed by atoms with van der Waals surface area (Å²) in [6.07, 6.45) is 4.08. The summed E-state index contributed by atoms with van der Waals surface area (Å²) >= 11 is 0. The van der Waals surface area contributed by atoms with Crippen LogP contribution in [0, 0.1) is 0 Å². The summed E-state index contributed by atoms with van der Waals surface area (Å²) < 4.78 is 5.32. The molecule has 1 aliphatic heterocycles. The molecule has 26 heavy (non-hydrogen) atoms. The molecule has 0 saturated carbocycles. The molecule has 1 aliphatic rings. The molecule has 3 heterocycles. The van der Waals surface area contributed by atoms with Gasteiger partial charge in [-0.3, -0.25) is 9.89 Å². The molecule has 134 valence electrons. The number of nitrogens with one attached hydrogen (secondary N) is 2. The van der Waals surface area contributed by atoms with Crippen molar-refractivity contribution in [1.29, 1.82) is 0 Å². The zero-order chi connectivity index (χ0) is 17.9. The van der Waals surface area contributed by atoms with Crippen molar-refractivity contribution in [3.05, 3.63) is 60.0 Å². The molecule has 1 fully saturated rings. The summed E-state index contributed by atoms with van der Waals surface area (Å²) in [7, 11) is 0. The molecule has 1 aromatic carbocycles. The second-order valence-corrected chi connectivity index (χ2v) is 6.63. The molecule has 4 rings (SSSR count). The molecule has 1 unspecified atom stereocenters. The maximum Gasteiger partial charge on any atom is 0.272 e. The van der Waals surface area contributed by atoms with E-state index < -0.39 is 0 Å². The zero-order valence-electron chi connectivity index (χ0n) is 14.7. The Morgan fingerprint density at radius 3 is 2.85 bits per heavy atom. The summed E-state index contributed by atoms with van der Waals surface area (Å²) in [5.74, 6) is 0.445. The van der Waals surface area contributed by atoms with E-state index in [0.717, 1.165) is 18.7 Å². The molecule has 0 spiro atoms. The van der Waals surface area contributed by atoms with Crippen LogP contribution in [0.25, 0.3) is 11.5 Å². The molecule has 2 N–H and O–H groups in total. The van der Waals surface area contributed by atoms with Crippen LogP contribution in [0.4, 0.5) is 5.69 Å².